The van der Waals surface area contributed by atoms with Crippen molar-refractivity contribution >= 4 is 21.4 Å². The Labute approximate surface area is 166 Å². The fraction of sp³-hybridized carbons (Fsp3) is 0.350. The van der Waals surface area contributed by atoms with Gasteiger partial charge in [-0.15, -0.1) is 0 Å². The summed E-state index contributed by atoms with van der Waals surface area (Å²) in [7, 11) is -4.27. The smallest absolute Gasteiger partial charge is 0.495 e. The molecule has 0 spiro atoms. The van der Waals surface area contributed by atoms with Crippen LogP contribution in [0.15, 0.2) is 41.3 Å². The zero-order chi connectivity index (χ0) is 21.2. The number of amides is 1. The SMILES string of the molecule is COc1ccc(S(=O)(=O)C(F)(F)F)cc1NC(=O)Cc1ccc2c(c1)CCCC2. The molecule has 1 N–H and O–H groups in total. The third-order valence-corrected chi connectivity index (χ3v) is 6.32. The summed E-state index contributed by atoms with van der Waals surface area (Å²) in [5.41, 5.74) is -2.32. The first kappa shape index (κ1) is 21.2. The summed E-state index contributed by atoms with van der Waals surface area (Å²) in [5.74, 6) is -0.425. The van der Waals surface area contributed by atoms with Gasteiger partial charge in [0, 0.05) is 0 Å². The van der Waals surface area contributed by atoms with E-state index in [4.69, 9.17) is 4.74 Å². The van der Waals surface area contributed by atoms with E-state index in [1.165, 1.54) is 18.2 Å². The first-order chi connectivity index (χ1) is 13.6. The number of carbonyl (C=O) groups is 1. The average Bonchev–Trinajstić information content (AvgIpc) is 2.66. The molecule has 0 fully saturated rings. The Morgan fingerprint density at radius 1 is 1.07 bits per heavy atom. The van der Waals surface area contributed by atoms with Crippen LogP contribution in [0.5, 0.6) is 5.75 Å². The van der Waals surface area contributed by atoms with Crippen molar-refractivity contribution in [2.45, 2.75) is 42.5 Å². The number of fused-ring (bicyclic) bond motifs is 1. The predicted molar refractivity (Wildman–Crippen MR) is 102 cm³/mol. The molecular weight excluding hydrogens is 407 g/mol. The van der Waals surface area contributed by atoms with Gasteiger partial charge in [-0.2, -0.15) is 13.2 Å². The maximum Gasteiger partial charge on any atom is 0.501 e. The van der Waals surface area contributed by atoms with Gasteiger partial charge in [-0.05, 0) is 60.6 Å². The number of sulfone groups is 1. The number of nitrogens with one attached hydrogen (secondary N) is 1. The molecule has 0 radical (unpaired) electrons. The van der Waals surface area contributed by atoms with Crippen molar-refractivity contribution in [3.63, 3.8) is 0 Å². The fourth-order valence-electron chi connectivity index (χ4n) is 3.36. The van der Waals surface area contributed by atoms with Gasteiger partial charge in [-0.1, -0.05) is 18.2 Å². The molecule has 0 saturated carbocycles. The van der Waals surface area contributed by atoms with Crippen LogP contribution in [-0.2, 0) is 33.9 Å². The number of rotatable bonds is 5. The molecular formula is C20H20F3NO4S. The van der Waals surface area contributed by atoms with Crippen LogP contribution in [0.1, 0.15) is 29.5 Å². The van der Waals surface area contributed by atoms with E-state index in [-0.39, 0.29) is 17.9 Å². The van der Waals surface area contributed by atoms with Crippen molar-refractivity contribution in [2.75, 3.05) is 12.4 Å². The Hall–Kier alpha value is -2.55. The number of methoxy groups -OCH3 is 1. The Kier molecular flexibility index (Phi) is 5.88. The third-order valence-electron chi connectivity index (χ3n) is 4.84. The van der Waals surface area contributed by atoms with Crippen molar-refractivity contribution in [2.24, 2.45) is 0 Å². The molecule has 0 aliphatic heterocycles. The zero-order valence-electron chi connectivity index (χ0n) is 15.7. The quantitative estimate of drug-likeness (QED) is 0.782. The predicted octanol–water partition coefficient (Wildman–Crippen LogP) is 4.05. The first-order valence-electron chi connectivity index (χ1n) is 9.02. The summed E-state index contributed by atoms with van der Waals surface area (Å²) in [4.78, 5) is 11.5. The Bertz CT molecular complexity index is 1030. The van der Waals surface area contributed by atoms with Gasteiger partial charge in [0.15, 0.2) is 0 Å². The number of benzene rings is 2. The molecule has 2 aromatic carbocycles. The van der Waals surface area contributed by atoms with Gasteiger partial charge in [0.2, 0.25) is 5.91 Å². The summed E-state index contributed by atoms with van der Waals surface area (Å²) in [5, 5.41) is 2.46. The molecule has 0 bridgehead atoms. The highest BCUT2D eigenvalue weighted by atomic mass is 32.2. The van der Waals surface area contributed by atoms with E-state index in [9.17, 15) is 26.4 Å². The number of ether oxygens (including phenoxy) is 1. The molecule has 0 saturated heterocycles. The maximum atomic E-state index is 12.8. The highest BCUT2D eigenvalue weighted by Crippen LogP contribution is 2.34. The highest BCUT2D eigenvalue weighted by Gasteiger charge is 2.47. The van der Waals surface area contributed by atoms with Crippen LogP contribution in [0.4, 0.5) is 18.9 Å². The molecule has 0 heterocycles. The Morgan fingerprint density at radius 2 is 1.76 bits per heavy atom. The number of hydrogen-bond acceptors (Lipinski definition) is 4. The van der Waals surface area contributed by atoms with E-state index in [0.717, 1.165) is 49.4 Å². The number of hydrogen-bond donors (Lipinski definition) is 1. The van der Waals surface area contributed by atoms with E-state index >= 15 is 0 Å². The molecule has 9 heteroatoms. The molecule has 29 heavy (non-hydrogen) atoms. The fourth-order valence-corrected chi connectivity index (χ4v) is 4.15. The normalized spacial score (nSPS) is 14.2. The number of halogens is 3. The van der Waals surface area contributed by atoms with Gasteiger partial charge in [0.05, 0.1) is 24.1 Å². The Morgan fingerprint density at radius 3 is 2.41 bits per heavy atom. The van der Waals surface area contributed by atoms with Crippen molar-refractivity contribution < 1.29 is 31.1 Å². The summed E-state index contributed by atoms with van der Waals surface area (Å²) in [6.45, 7) is 0. The van der Waals surface area contributed by atoms with Gasteiger partial charge >= 0.3 is 5.51 Å². The van der Waals surface area contributed by atoms with Crippen LogP contribution >= 0.6 is 0 Å². The van der Waals surface area contributed by atoms with Gasteiger partial charge in [-0.3, -0.25) is 4.79 Å². The second-order valence-corrected chi connectivity index (χ2v) is 8.79. The lowest BCUT2D eigenvalue weighted by Gasteiger charge is -2.17. The van der Waals surface area contributed by atoms with E-state index in [1.807, 2.05) is 18.2 Å². The lowest BCUT2D eigenvalue weighted by Crippen LogP contribution is -2.23. The minimum Gasteiger partial charge on any atom is -0.495 e. The molecule has 5 nitrogen and oxygen atoms in total. The number of carbonyl (C=O) groups excluding carboxylic acids is 1. The topological polar surface area (TPSA) is 72.5 Å². The van der Waals surface area contributed by atoms with E-state index < -0.39 is 26.1 Å². The molecule has 2 aromatic rings. The molecule has 1 aliphatic carbocycles. The highest BCUT2D eigenvalue weighted by molar-refractivity contribution is 7.92. The molecule has 0 unspecified atom stereocenters. The largest absolute Gasteiger partial charge is 0.501 e. The van der Waals surface area contributed by atoms with Crippen molar-refractivity contribution in [3.8, 4) is 5.75 Å². The van der Waals surface area contributed by atoms with E-state index in [2.05, 4.69) is 5.32 Å². The summed E-state index contributed by atoms with van der Waals surface area (Å²) in [6.07, 6.45) is 4.21. The van der Waals surface area contributed by atoms with Gasteiger partial charge in [0.1, 0.15) is 5.75 Å². The second kappa shape index (κ2) is 8.06. The summed E-state index contributed by atoms with van der Waals surface area (Å²) < 4.78 is 66.8. The average molecular weight is 427 g/mol. The van der Waals surface area contributed by atoms with Gasteiger partial charge in [-0.25, -0.2) is 8.42 Å². The minimum atomic E-state index is -5.54. The standard InChI is InChI=1S/C20H20F3NO4S/c1-28-18-9-8-16(29(26,27)20(21,22)23)12-17(18)24-19(25)11-13-6-7-14-4-2-3-5-15(14)10-13/h6-10,12H,2-5,11H2,1H3,(H,24,25). The molecule has 1 amide bonds. The maximum absolute atomic E-state index is 12.8. The first-order valence-corrected chi connectivity index (χ1v) is 10.5. The summed E-state index contributed by atoms with van der Waals surface area (Å²) >= 11 is 0. The monoisotopic (exact) mass is 427 g/mol. The number of alkyl halides is 3. The van der Waals surface area contributed by atoms with Crippen LogP contribution in [0.3, 0.4) is 0 Å². The lowest BCUT2D eigenvalue weighted by molar-refractivity contribution is -0.115. The molecule has 1 aliphatic rings. The van der Waals surface area contributed by atoms with E-state index in [0.29, 0.717) is 0 Å². The Balaban J connectivity index is 1.81. The van der Waals surface area contributed by atoms with Crippen LogP contribution in [0.25, 0.3) is 0 Å². The summed E-state index contributed by atoms with van der Waals surface area (Å²) in [6, 6.07) is 8.44. The van der Waals surface area contributed by atoms with Crippen LogP contribution in [0, 0.1) is 0 Å². The van der Waals surface area contributed by atoms with Crippen LogP contribution in [-0.4, -0.2) is 26.9 Å². The molecule has 3 rings (SSSR count). The molecule has 156 valence electrons. The lowest BCUT2D eigenvalue weighted by atomic mass is 9.90. The zero-order valence-corrected chi connectivity index (χ0v) is 16.5. The van der Waals surface area contributed by atoms with Crippen molar-refractivity contribution in [1.82, 2.24) is 0 Å². The molecule has 0 aromatic heterocycles. The molecule has 0 atom stereocenters. The van der Waals surface area contributed by atoms with Crippen LogP contribution in [0.2, 0.25) is 0 Å². The third kappa shape index (κ3) is 4.55. The number of aryl methyl sites for hydroxylation is 2. The van der Waals surface area contributed by atoms with Crippen molar-refractivity contribution in [1.29, 1.82) is 0 Å². The van der Waals surface area contributed by atoms with Crippen LogP contribution < -0.4 is 10.1 Å². The number of anilines is 1. The van der Waals surface area contributed by atoms with Gasteiger partial charge in [0.25, 0.3) is 9.84 Å². The van der Waals surface area contributed by atoms with E-state index in [1.54, 1.807) is 0 Å². The minimum absolute atomic E-state index is 0.00663. The van der Waals surface area contributed by atoms with Gasteiger partial charge < -0.3 is 10.1 Å². The second-order valence-electron chi connectivity index (χ2n) is 6.85. The van der Waals surface area contributed by atoms with Crippen molar-refractivity contribution in [3.05, 3.63) is 53.1 Å².